The minimum atomic E-state index is -0.388. The third-order valence-electron chi connectivity index (χ3n) is 3.73. The predicted molar refractivity (Wildman–Crippen MR) is 104 cm³/mol. The van der Waals surface area contributed by atoms with Crippen LogP contribution in [0.1, 0.15) is 27.6 Å². The number of carbonyl (C=O) groups is 2. The van der Waals surface area contributed by atoms with Crippen LogP contribution in [0.2, 0.25) is 0 Å². The molecule has 2 aromatic carbocycles. The molecule has 0 saturated heterocycles. The van der Waals surface area contributed by atoms with Gasteiger partial charge in [0, 0.05) is 17.6 Å². The fraction of sp³-hybridized carbons (Fsp3) is 0.0952. The van der Waals surface area contributed by atoms with Crippen molar-refractivity contribution in [2.24, 2.45) is 0 Å². The molecule has 0 spiro atoms. The van der Waals surface area contributed by atoms with E-state index in [1.54, 1.807) is 43.3 Å². The number of aromatic nitrogens is 1. The van der Waals surface area contributed by atoms with Crippen LogP contribution in [0.5, 0.6) is 0 Å². The number of carbonyl (C=O) groups excluding carboxylic acids is 2. The summed E-state index contributed by atoms with van der Waals surface area (Å²) >= 11 is 0. The molecule has 0 radical (unpaired) electrons. The fourth-order valence-corrected chi connectivity index (χ4v) is 2.38. The lowest BCUT2D eigenvalue weighted by Crippen LogP contribution is -2.12. The molecule has 3 rings (SSSR count). The van der Waals surface area contributed by atoms with Gasteiger partial charge in [-0.15, -0.1) is 0 Å². The van der Waals surface area contributed by atoms with Crippen LogP contribution in [0.4, 0.5) is 17.2 Å². The van der Waals surface area contributed by atoms with E-state index in [9.17, 15) is 9.59 Å². The van der Waals surface area contributed by atoms with E-state index >= 15 is 0 Å². The minimum absolute atomic E-state index is 0.280. The highest BCUT2D eigenvalue weighted by Crippen LogP contribution is 2.15. The van der Waals surface area contributed by atoms with Crippen LogP contribution in [0.25, 0.3) is 0 Å². The Morgan fingerprint density at radius 2 is 1.59 bits per heavy atom. The summed E-state index contributed by atoms with van der Waals surface area (Å²) in [5.41, 5.74) is 2.37. The maximum absolute atomic E-state index is 12.3. The first-order valence-corrected chi connectivity index (χ1v) is 8.52. The predicted octanol–water partition coefficient (Wildman–Crippen LogP) is 4.25. The van der Waals surface area contributed by atoms with Crippen molar-refractivity contribution >= 4 is 29.1 Å². The fourth-order valence-electron chi connectivity index (χ4n) is 2.38. The number of hydrogen-bond acceptors (Lipinski definition) is 5. The number of nitrogens with zero attached hydrogens (tertiary/aromatic N) is 1. The maximum Gasteiger partial charge on any atom is 0.338 e. The van der Waals surface area contributed by atoms with E-state index in [1.807, 2.05) is 30.3 Å². The highest BCUT2D eigenvalue weighted by Gasteiger charge is 2.09. The van der Waals surface area contributed by atoms with E-state index in [4.69, 9.17) is 4.74 Å². The summed E-state index contributed by atoms with van der Waals surface area (Å²) in [6, 6.07) is 19.6. The SMILES string of the molecule is CCOC(=O)c1ccc(NC(=O)c2ccc(Nc3ccccc3)nc2)cc1. The molecular weight excluding hydrogens is 342 g/mol. The second-order valence-electron chi connectivity index (χ2n) is 5.68. The quantitative estimate of drug-likeness (QED) is 0.642. The van der Waals surface area contributed by atoms with Gasteiger partial charge < -0.3 is 15.4 Å². The second kappa shape index (κ2) is 8.62. The smallest absolute Gasteiger partial charge is 0.338 e. The van der Waals surface area contributed by atoms with Crippen molar-refractivity contribution in [2.75, 3.05) is 17.2 Å². The van der Waals surface area contributed by atoms with Crippen molar-refractivity contribution < 1.29 is 14.3 Å². The van der Waals surface area contributed by atoms with Crippen molar-refractivity contribution in [3.63, 3.8) is 0 Å². The Labute approximate surface area is 157 Å². The number of anilines is 3. The molecule has 3 aromatic rings. The van der Waals surface area contributed by atoms with Gasteiger partial charge in [0.1, 0.15) is 5.82 Å². The Bertz CT molecular complexity index is 908. The number of benzene rings is 2. The number of para-hydroxylation sites is 1. The van der Waals surface area contributed by atoms with E-state index in [0.29, 0.717) is 29.2 Å². The van der Waals surface area contributed by atoms with Gasteiger partial charge in [-0.25, -0.2) is 9.78 Å². The highest BCUT2D eigenvalue weighted by molar-refractivity contribution is 6.04. The van der Waals surface area contributed by atoms with Gasteiger partial charge in [-0.05, 0) is 55.5 Å². The number of ether oxygens (including phenoxy) is 1. The molecule has 27 heavy (non-hydrogen) atoms. The van der Waals surface area contributed by atoms with E-state index < -0.39 is 0 Å². The normalized spacial score (nSPS) is 10.1. The van der Waals surface area contributed by atoms with Gasteiger partial charge in [-0.3, -0.25) is 4.79 Å². The van der Waals surface area contributed by atoms with Gasteiger partial charge in [0.2, 0.25) is 0 Å². The van der Waals surface area contributed by atoms with E-state index in [0.717, 1.165) is 5.69 Å². The van der Waals surface area contributed by atoms with Crippen LogP contribution in [0, 0.1) is 0 Å². The van der Waals surface area contributed by atoms with Crippen molar-refractivity contribution in [1.82, 2.24) is 4.98 Å². The Morgan fingerprint density at radius 1 is 0.889 bits per heavy atom. The summed E-state index contributed by atoms with van der Waals surface area (Å²) in [6.07, 6.45) is 1.51. The zero-order chi connectivity index (χ0) is 19.1. The third-order valence-corrected chi connectivity index (χ3v) is 3.73. The molecule has 0 aliphatic carbocycles. The van der Waals surface area contributed by atoms with E-state index in [-0.39, 0.29) is 11.9 Å². The molecule has 6 heteroatoms. The summed E-state index contributed by atoms with van der Waals surface area (Å²) in [6.45, 7) is 2.07. The molecule has 1 amide bonds. The summed E-state index contributed by atoms with van der Waals surface area (Å²) in [5, 5.41) is 5.93. The number of hydrogen-bond donors (Lipinski definition) is 2. The molecule has 0 bridgehead atoms. The van der Waals surface area contributed by atoms with Crippen molar-refractivity contribution in [1.29, 1.82) is 0 Å². The standard InChI is InChI=1S/C21H19N3O3/c1-2-27-21(26)15-8-11-18(12-9-15)24-20(25)16-10-13-19(22-14-16)23-17-6-4-3-5-7-17/h3-14H,2H2,1H3,(H,22,23)(H,24,25). The molecule has 0 fully saturated rings. The highest BCUT2D eigenvalue weighted by atomic mass is 16.5. The van der Waals surface area contributed by atoms with Gasteiger partial charge in [-0.1, -0.05) is 18.2 Å². The third kappa shape index (κ3) is 4.92. The summed E-state index contributed by atoms with van der Waals surface area (Å²) in [5.74, 6) is -0.0183. The molecule has 6 nitrogen and oxygen atoms in total. The largest absolute Gasteiger partial charge is 0.462 e. The van der Waals surface area contributed by atoms with Crippen molar-refractivity contribution in [2.45, 2.75) is 6.92 Å². The zero-order valence-corrected chi connectivity index (χ0v) is 14.8. The monoisotopic (exact) mass is 361 g/mol. The average Bonchev–Trinajstić information content (AvgIpc) is 2.70. The topological polar surface area (TPSA) is 80.3 Å². The zero-order valence-electron chi connectivity index (χ0n) is 14.8. The average molecular weight is 361 g/mol. The van der Waals surface area contributed by atoms with Gasteiger partial charge >= 0.3 is 5.97 Å². The molecule has 1 aromatic heterocycles. The Morgan fingerprint density at radius 3 is 2.22 bits per heavy atom. The number of esters is 1. The van der Waals surface area contributed by atoms with Gasteiger partial charge in [0.25, 0.3) is 5.91 Å². The lowest BCUT2D eigenvalue weighted by atomic mass is 10.2. The summed E-state index contributed by atoms with van der Waals surface area (Å²) in [4.78, 5) is 28.2. The van der Waals surface area contributed by atoms with Gasteiger partial charge in [0.15, 0.2) is 0 Å². The van der Waals surface area contributed by atoms with Crippen molar-refractivity contribution in [3.05, 3.63) is 84.1 Å². The van der Waals surface area contributed by atoms with E-state index in [2.05, 4.69) is 15.6 Å². The van der Waals surface area contributed by atoms with Crippen molar-refractivity contribution in [3.8, 4) is 0 Å². The van der Waals surface area contributed by atoms with Crippen LogP contribution in [-0.2, 0) is 4.74 Å². The van der Waals surface area contributed by atoms with Crippen LogP contribution >= 0.6 is 0 Å². The van der Waals surface area contributed by atoms with Gasteiger partial charge in [0.05, 0.1) is 17.7 Å². The Hall–Kier alpha value is -3.67. The number of pyridine rings is 1. The van der Waals surface area contributed by atoms with Crippen LogP contribution in [-0.4, -0.2) is 23.5 Å². The van der Waals surface area contributed by atoms with Crippen LogP contribution < -0.4 is 10.6 Å². The first-order chi connectivity index (χ1) is 13.2. The maximum atomic E-state index is 12.3. The number of nitrogens with one attached hydrogen (secondary N) is 2. The molecule has 0 atom stereocenters. The Kier molecular flexibility index (Phi) is 5.79. The van der Waals surface area contributed by atoms with Gasteiger partial charge in [-0.2, -0.15) is 0 Å². The molecule has 136 valence electrons. The molecule has 0 unspecified atom stereocenters. The van der Waals surface area contributed by atoms with Crippen LogP contribution in [0.3, 0.4) is 0 Å². The lowest BCUT2D eigenvalue weighted by Gasteiger charge is -2.08. The first-order valence-electron chi connectivity index (χ1n) is 8.52. The molecule has 0 aliphatic rings. The number of amides is 1. The lowest BCUT2D eigenvalue weighted by molar-refractivity contribution is 0.0526. The second-order valence-corrected chi connectivity index (χ2v) is 5.68. The molecular formula is C21H19N3O3. The molecule has 2 N–H and O–H groups in total. The molecule has 0 saturated carbocycles. The molecule has 0 aliphatic heterocycles. The first kappa shape index (κ1) is 18.1. The minimum Gasteiger partial charge on any atom is -0.462 e. The van der Waals surface area contributed by atoms with E-state index in [1.165, 1.54) is 6.20 Å². The Balaban J connectivity index is 1.61. The summed E-state index contributed by atoms with van der Waals surface area (Å²) < 4.78 is 4.93. The van der Waals surface area contributed by atoms with Crippen LogP contribution in [0.15, 0.2) is 72.9 Å². The molecule has 1 heterocycles. The number of rotatable bonds is 6. The summed E-state index contributed by atoms with van der Waals surface area (Å²) in [7, 11) is 0.